The largest absolute Gasteiger partial charge is 0.326 e. The van der Waals surface area contributed by atoms with Crippen molar-refractivity contribution in [3.05, 3.63) is 65.5 Å². The second-order valence-corrected chi connectivity index (χ2v) is 5.18. The Morgan fingerprint density at radius 1 is 1.27 bits per heavy atom. The molecule has 0 aliphatic rings. The zero-order valence-corrected chi connectivity index (χ0v) is 12.3. The van der Waals surface area contributed by atoms with E-state index >= 15 is 0 Å². The number of anilines is 1. The number of nitriles is 1. The maximum absolute atomic E-state index is 12.8. The fraction of sp³-hybridized carbons (Fsp3) is 0.176. The van der Waals surface area contributed by atoms with Gasteiger partial charge in [0.25, 0.3) is 5.91 Å². The van der Waals surface area contributed by atoms with Crippen LogP contribution in [0, 0.1) is 17.1 Å². The van der Waals surface area contributed by atoms with E-state index in [0.717, 1.165) is 10.5 Å². The lowest BCUT2D eigenvalue weighted by Crippen LogP contribution is -3.08. The maximum Gasteiger partial charge on any atom is 0.279 e. The summed E-state index contributed by atoms with van der Waals surface area (Å²) in [7, 11) is 1.91. The van der Waals surface area contributed by atoms with Gasteiger partial charge in [-0.2, -0.15) is 5.26 Å². The van der Waals surface area contributed by atoms with Crippen molar-refractivity contribution >= 4 is 11.6 Å². The van der Waals surface area contributed by atoms with Gasteiger partial charge in [0.05, 0.1) is 18.7 Å². The van der Waals surface area contributed by atoms with Crippen molar-refractivity contribution in [1.82, 2.24) is 0 Å². The van der Waals surface area contributed by atoms with Gasteiger partial charge in [0.1, 0.15) is 12.4 Å². The van der Waals surface area contributed by atoms with Gasteiger partial charge < -0.3 is 10.2 Å². The third-order valence-corrected chi connectivity index (χ3v) is 3.15. The van der Waals surface area contributed by atoms with E-state index in [4.69, 9.17) is 5.26 Å². The monoisotopic (exact) mass is 298 g/mol. The number of nitrogens with zero attached hydrogens (tertiary/aromatic N) is 1. The summed E-state index contributed by atoms with van der Waals surface area (Å²) in [5.41, 5.74) is 2.19. The molecular formula is C17H17FN3O+. The highest BCUT2D eigenvalue weighted by molar-refractivity contribution is 5.91. The molecule has 22 heavy (non-hydrogen) atoms. The number of carbonyl (C=O) groups is 1. The lowest BCUT2D eigenvalue weighted by atomic mass is 10.1. The van der Waals surface area contributed by atoms with Crippen LogP contribution < -0.4 is 10.2 Å². The molecule has 1 unspecified atom stereocenters. The van der Waals surface area contributed by atoms with Gasteiger partial charge in [-0.1, -0.05) is 12.1 Å². The molecule has 112 valence electrons. The number of quaternary nitrogens is 1. The minimum atomic E-state index is -0.335. The first-order valence-electron chi connectivity index (χ1n) is 6.92. The van der Waals surface area contributed by atoms with Gasteiger partial charge in [-0.15, -0.1) is 0 Å². The zero-order valence-electron chi connectivity index (χ0n) is 12.3. The number of rotatable bonds is 5. The van der Waals surface area contributed by atoms with Crippen molar-refractivity contribution in [2.45, 2.75) is 6.54 Å². The van der Waals surface area contributed by atoms with E-state index in [1.807, 2.05) is 25.2 Å². The molecule has 0 heterocycles. The molecule has 0 aliphatic carbocycles. The molecular weight excluding hydrogens is 281 g/mol. The predicted molar refractivity (Wildman–Crippen MR) is 81.6 cm³/mol. The third kappa shape index (κ3) is 4.69. The van der Waals surface area contributed by atoms with E-state index in [-0.39, 0.29) is 18.3 Å². The molecule has 2 N–H and O–H groups in total. The quantitative estimate of drug-likeness (QED) is 0.875. The number of amides is 1. The molecule has 0 saturated heterocycles. The van der Waals surface area contributed by atoms with Crippen molar-refractivity contribution in [3.63, 3.8) is 0 Å². The Hall–Kier alpha value is -2.71. The standard InChI is InChI=1S/C17H16FN3O/c1-21(11-14-4-2-3-13(9-14)10-19)12-17(22)20-16-7-5-15(18)6-8-16/h2-9H,11-12H2,1H3,(H,20,22)/p+1. The summed E-state index contributed by atoms with van der Waals surface area (Å²) in [6.07, 6.45) is 0. The van der Waals surface area contributed by atoms with Crippen LogP contribution in [0.4, 0.5) is 10.1 Å². The Labute approximate surface area is 128 Å². The van der Waals surface area contributed by atoms with E-state index < -0.39 is 0 Å². The topological polar surface area (TPSA) is 57.3 Å². The summed E-state index contributed by atoms with van der Waals surface area (Å²) in [6, 6.07) is 15.1. The number of benzene rings is 2. The van der Waals surface area contributed by atoms with Crippen molar-refractivity contribution in [2.75, 3.05) is 18.9 Å². The second kappa shape index (κ2) is 7.34. The molecule has 4 nitrogen and oxygen atoms in total. The molecule has 0 aromatic heterocycles. The van der Waals surface area contributed by atoms with Gasteiger partial charge in [-0.25, -0.2) is 4.39 Å². The second-order valence-electron chi connectivity index (χ2n) is 5.18. The van der Waals surface area contributed by atoms with Crippen LogP contribution in [0.3, 0.4) is 0 Å². The summed E-state index contributed by atoms with van der Waals surface area (Å²) < 4.78 is 12.8. The van der Waals surface area contributed by atoms with E-state index in [1.165, 1.54) is 24.3 Å². The summed E-state index contributed by atoms with van der Waals surface area (Å²) in [6.45, 7) is 0.931. The van der Waals surface area contributed by atoms with E-state index in [2.05, 4.69) is 11.4 Å². The molecule has 1 amide bonds. The van der Waals surface area contributed by atoms with Crippen molar-refractivity contribution < 1.29 is 14.1 Å². The van der Waals surface area contributed by atoms with Crippen LogP contribution in [0.5, 0.6) is 0 Å². The minimum absolute atomic E-state index is 0.138. The molecule has 5 heteroatoms. The molecule has 2 aromatic carbocycles. The van der Waals surface area contributed by atoms with Gasteiger partial charge in [0.2, 0.25) is 0 Å². The van der Waals surface area contributed by atoms with E-state index in [1.54, 1.807) is 6.07 Å². The van der Waals surface area contributed by atoms with E-state index in [0.29, 0.717) is 17.8 Å². The maximum atomic E-state index is 12.8. The number of hydrogen-bond acceptors (Lipinski definition) is 2. The molecule has 0 saturated carbocycles. The summed E-state index contributed by atoms with van der Waals surface area (Å²) in [5.74, 6) is -0.473. The minimum Gasteiger partial charge on any atom is -0.326 e. The number of halogens is 1. The van der Waals surface area contributed by atoms with Crippen molar-refractivity contribution in [1.29, 1.82) is 5.26 Å². The normalized spacial score (nSPS) is 11.5. The van der Waals surface area contributed by atoms with Crippen LogP contribution in [-0.2, 0) is 11.3 Å². The van der Waals surface area contributed by atoms with Gasteiger partial charge in [0, 0.05) is 11.3 Å². The number of hydrogen-bond donors (Lipinski definition) is 2. The fourth-order valence-electron chi connectivity index (χ4n) is 2.17. The lowest BCUT2D eigenvalue weighted by molar-refractivity contribution is -0.885. The average Bonchev–Trinajstić information content (AvgIpc) is 2.49. The first-order valence-corrected chi connectivity index (χ1v) is 6.92. The molecule has 2 aromatic rings. The molecule has 2 rings (SSSR count). The van der Waals surface area contributed by atoms with Gasteiger partial charge in [-0.3, -0.25) is 4.79 Å². The Bertz CT molecular complexity index is 692. The van der Waals surface area contributed by atoms with Crippen LogP contribution in [0.1, 0.15) is 11.1 Å². The Kier molecular flexibility index (Phi) is 5.23. The molecule has 0 bridgehead atoms. The highest BCUT2D eigenvalue weighted by Crippen LogP contribution is 2.07. The number of carbonyl (C=O) groups excluding carboxylic acids is 1. The highest BCUT2D eigenvalue weighted by atomic mass is 19.1. The van der Waals surface area contributed by atoms with Crippen LogP contribution >= 0.6 is 0 Å². The number of nitrogens with one attached hydrogen (secondary N) is 2. The smallest absolute Gasteiger partial charge is 0.279 e. The Balaban J connectivity index is 1.88. The van der Waals surface area contributed by atoms with E-state index in [9.17, 15) is 9.18 Å². The van der Waals surface area contributed by atoms with Gasteiger partial charge >= 0.3 is 0 Å². The molecule has 1 atom stereocenters. The summed E-state index contributed by atoms with van der Waals surface area (Å²) in [4.78, 5) is 12.9. The Morgan fingerprint density at radius 3 is 2.68 bits per heavy atom. The first-order chi connectivity index (χ1) is 10.6. The Morgan fingerprint density at radius 2 is 2.00 bits per heavy atom. The average molecular weight is 298 g/mol. The third-order valence-electron chi connectivity index (χ3n) is 3.15. The number of likely N-dealkylation sites (N-methyl/N-ethyl adjacent to an activating group) is 1. The first kappa shape index (κ1) is 15.7. The molecule has 0 spiro atoms. The van der Waals surface area contributed by atoms with Crippen LogP contribution in [-0.4, -0.2) is 19.5 Å². The lowest BCUT2D eigenvalue weighted by Gasteiger charge is -2.14. The van der Waals surface area contributed by atoms with Crippen LogP contribution in [0.25, 0.3) is 0 Å². The highest BCUT2D eigenvalue weighted by Gasteiger charge is 2.11. The summed E-state index contributed by atoms with van der Waals surface area (Å²) in [5, 5.41) is 11.6. The fourth-order valence-corrected chi connectivity index (χ4v) is 2.17. The predicted octanol–water partition coefficient (Wildman–Crippen LogP) is 1.35. The van der Waals surface area contributed by atoms with Crippen LogP contribution in [0.15, 0.2) is 48.5 Å². The molecule has 0 aliphatic heterocycles. The summed E-state index contributed by atoms with van der Waals surface area (Å²) >= 11 is 0. The van der Waals surface area contributed by atoms with Gasteiger partial charge in [0.15, 0.2) is 6.54 Å². The molecule has 0 radical (unpaired) electrons. The zero-order chi connectivity index (χ0) is 15.9. The SMILES string of the molecule is C[NH+](CC(=O)Nc1ccc(F)cc1)Cc1cccc(C#N)c1. The van der Waals surface area contributed by atoms with Crippen LogP contribution in [0.2, 0.25) is 0 Å². The molecule has 0 fully saturated rings. The van der Waals surface area contributed by atoms with Gasteiger partial charge in [-0.05, 0) is 36.4 Å². The van der Waals surface area contributed by atoms with Crippen molar-refractivity contribution in [3.8, 4) is 6.07 Å². The van der Waals surface area contributed by atoms with Crippen molar-refractivity contribution in [2.24, 2.45) is 0 Å².